The molecule has 0 aliphatic carbocycles. The van der Waals surface area contributed by atoms with E-state index in [1.165, 1.54) is 21.9 Å². The number of pyridine rings is 1. The van der Waals surface area contributed by atoms with Crippen molar-refractivity contribution in [2.45, 2.75) is 24.9 Å². The lowest BCUT2D eigenvalue weighted by Crippen LogP contribution is -2.10. The van der Waals surface area contributed by atoms with Crippen molar-refractivity contribution in [1.82, 2.24) is 15.0 Å². The van der Waals surface area contributed by atoms with E-state index in [9.17, 15) is 0 Å². The zero-order valence-electron chi connectivity index (χ0n) is 19.6. The molecule has 0 saturated carbocycles. The first kappa shape index (κ1) is 20.9. The molecule has 5 heterocycles. The molecule has 1 unspecified atom stereocenters. The first-order valence-electron chi connectivity index (χ1n) is 12.3. The van der Waals surface area contributed by atoms with Gasteiger partial charge in [-0.2, -0.15) is 0 Å². The predicted octanol–water partition coefficient (Wildman–Crippen LogP) is 4.82. The second-order valence-electron chi connectivity index (χ2n) is 9.33. The van der Waals surface area contributed by atoms with Crippen LogP contribution in [0.1, 0.15) is 22.5 Å². The Morgan fingerprint density at radius 1 is 0.639 bits per heavy atom. The highest BCUT2D eigenvalue weighted by Gasteiger charge is 2.25. The van der Waals surface area contributed by atoms with Gasteiger partial charge < -0.3 is 19.4 Å². The molecule has 0 spiro atoms. The van der Waals surface area contributed by atoms with Crippen molar-refractivity contribution in [3.63, 3.8) is 0 Å². The molecule has 2 N–H and O–H groups in total. The number of benzene rings is 2. The van der Waals surface area contributed by atoms with Gasteiger partial charge in [-0.15, -0.1) is 0 Å². The number of hydrogen-bond donors (Lipinski definition) is 2. The number of rotatable bonds is 6. The number of H-pyrrole nitrogens is 2. The molecular weight excluding hydrogens is 450 g/mol. The van der Waals surface area contributed by atoms with Gasteiger partial charge in [0.2, 0.25) is 11.8 Å². The van der Waals surface area contributed by atoms with E-state index in [-0.39, 0.29) is 12.1 Å². The topological polar surface area (TPSA) is 87.6 Å². The molecule has 3 aromatic heterocycles. The van der Waals surface area contributed by atoms with E-state index in [2.05, 4.69) is 58.8 Å². The van der Waals surface area contributed by atoms with E-state index in [1.807, 2.05) is 30.3 Å². The summed E-state index contributed by atoms with van der Waals surface area (Å²) in [5.41, 5.74) is 6.21. The average molecular weight is 476 g/mol. The van der Waals surface area contributed by atoms with Gasteiger partial charge in [0.1, 0.15) is 24.6 Å². The summed E-state index contributed by atoms with van der Waals surface area (Å²) in [6, 6.07) is 22.6. The van der Waals surface area contributed by atoms with Gasteiger partial charge in [0, 0.05) is 47.0 Å². The molecule has 2 aliphatic rings. The second kappa shape index (κ2) is 8.68. The lowest BCUT2D eigenvalue weighted by atomic mass is 10.1. The van der Waals surface area contributed by atoms with Crippen molar-refractivity contribution in [3.8, 4) is 0 Å². The maximum Gasteiger partial charge on any atom is 0.235 e. The van der Waals surface area contributed by atoms with Crippen LogP contribution in [0.25, 0.3) is 21.8 Å². The van der Waals surface area contributed by atoms with Crippen molar-refractivity contribution < 1.29 is 9.47 Å². The van der Waals surface area contributed by atoms with Crippen LogP contribution in [0.2, 0.25) is 0 Å². The minimum absolute atomic E-state index is 0.0605. The van der Waals surface area contributed by atoms with Crippen molar-refractivity contribution in [2.75, 3.05) is 13.2 Å². The molecular formula is C29H25N5O2. The summed E-state index contributed by atoms with van der Waals surface area (Å²) in [5, 5.41) is 2.47. The Bertz CT molecular complexity index is 1510. The van der Waals surface area contributed by atoms with Gasteiger partial charge in [0.05, 0.1) is 12.1 Å². The quantitative estimate of drug-likeness (QED) is 0.369. The molecule has 2 atom stereocenters. The van der Waals surface area contributed by atoms with Gasteiger partial charge in [0.25, 0.3) is 0 Å². The first-order chi connectivity index (χ1) is 17.8. The number of aromatic nitrogens is 3. The van der Waals surface area contributed by atoms with Gasteiger partial charge in [-0.3, -0.25) is 0 Å². The monoisotopic (exact) mass is 475 g/mol. The standard InChI is InChI=1S/C29H25N5O2/c1-3-8-24-22(6-1)18(14-30-24)12-20-16-35-28(32-20)26-10-5-11-27(34-26)29-33-21(17-36-29)13-19-15-31-25-9-4-2-7-23(19)25/h1-11,14-15,20-21,30-31H,12-13,16-17H2/t20-,21?/m0/s1. The number of aliphatic imine (C=N–C) groups is 2. The summed E-state index contributed by atoms with van der Waals surface area (Å²) in [6.07, 6.45) is 5.77. The van der Waals surface area contributed by atoms with Crippen LogP contribution in [0.4, 0.5) is 0 Å². The van der Waals surface area contributed by atoms with Gasteiger partial charge in [-0.05, 0) is 35.4 Å². The molecule has 0 bridgehead atoms. The highest BCUT2D eigenvalue weighted by Crippen LogP contribution is 2.24. The van der Waals surface area contributed by atoms with Crippen molar-refractivity contribution in [2.24, 2.45) is 9.98 Å². The number of nitrogens with one attached hydrogen (secondary N) is 2. The molecule has 0 amide bonds. The summed E-state index contributed by atoms with van der Waals surface area (Å²) >= 11 is 0. The van der Waals surface area contributed by atoms with E-state index in [0.717, 1.165) is 23.9 Å². The Balaban J connectivity index is 1.07. The number of para-hydroxylation sites is 2. The summed E-state index contributed by atoms with van der Waals surface area (Å²) in [6.45, 7) is 1.09. The van der Waals surface area contributed by atoms with Crippen LogP contribution in [0.3, 0.4) is 0 Å². The molecule has 2 aromatic carbocycles. The van der Waals surface area contributed by atoms with Crippen LogP contribution < -0.4 is 0 Å². The van der Waals surface area contributed by atoms with Gasteiger partial charge in [-0.25, -0.2) is 15.0 Å². The number of fused-ring (bicyclic) bond motifs is 2. The molecule has 7 rings (SSSR count). The zero-order valence-corrected chi connectivity index (χ0v) is 19.6. The number of aromatic amines is 2. The van der Waals surface area contributed by atoms with Gasteiger partial charge in [-0.1, -0.05) is 42.5 Å². The van der Waals surface area contributed by atoms with Crippen molar-refractivity contribution in [3.05, 3.63) is 102 Å². The summed E-state index contributed by atoms with van der Waals surface area (Å²) in [5.74, 6) is 1.16. The minimum Gasteiger partial charge on any atom is -0.474 e. The largest absolute Gasteiger partial charge is 0.474 e. The van der Waals surface area contributed by atoms with Crippen molar-refractivity contribution in [1.29, 1.82) is 0 Å². The minimum atomic E-state index is 0.0605. The fourth-order valence-electron chi connectivity index (χ4n) is 5.10. The molecule has 0 fully saturated rings. The van der Waals surface area contributed by atoms with Crippen LogP contribution in [0.15, 0.2) is 89.1 Å². The summed E-state index contributed by atoms with van der Waals surface area (Å²) < 4.78 is 11.9. The van der Waals surface area contributed by atoms with Gasteiger partial charge in [0.15, 0.2) is 0 Å². The highest BCUT2D eigenvalue weighted by molar-refractivity contribution is 5.97. The third kappa shape index (κ3) is 3.82. The number of nitrogens with zero attached hydrogens (tertiary/aromatic N) is 3. The van der Waals surface area contributed by atoms with E-state index in [1.54, 1.807) is 0 Å². The van der Waals surface area contributed by atoms with E-state index in [0.29, 0.717) is 36.4 Å². The lowest BCUT2D eigenvalue weighted by Gasteiger charge is -2.04. The smallest absolute Gasteiger partial charge is 0.235 e. The van der Waals surface area contributed by atoms with Crippen LogP contribution in [-0.4, -0.2) is 52.0 Å². The molecule has 2 aliphatic heterocycles. The Morgan fingerprint density at radius 2 is 1.14 bits per heavy atom. The van der Waals surface area contributed by atoms with Crippen LogP contribution >= 0.6 is 0 Å². The fourth-order valence-corrected chi connectivity index (χ4v) is 5.10. The zero-order chi connectivity index (χ0) is 23.9. The van der Waals surface area contributed by atoms with Crippen LogP contribution in [-0.2, 0) is 22.3 Å². The maximum absolute atomic E-state index is 5.96. The van der Waals surface area contributed by atoms with Crippen molar-refractivity contribution >= 4 is 33.6 Å². The molecule has 5 aromatic rings. The maximum atomic E-state index is 5.96. The third-order valence-electron chi connectivity index (χ3n) is 6.87. The Kier molecular flexibility index (Phi) is 5.05. The third-order valence-corrected chi connectivity index (χ3v) is 6.87. The Morgan fingerprint density at radius 3 is 1.67 bits per heavy atom. The second-order valence-corrected chi connectivity index (χ2v) is 9.33. The van der Waals surface area contributed by atoms with Crippen LogP contribution in [0.5, 0.6) is 0 Å². The van der Waals surface area contributed by atoms with E-state index in [4.69, 9.17) is 24.4 Å². The van der Waals surface area contributed by atoms with E-state index >= 15 is 0 Å². The molecule has 0 saturated heterocycles. The Hall–Kier alpha value is -4.39. The predicted molar refractivity (Wildman–Crippen MR) is 141 cm³/mol. The number of ether oxygens (including phenoxy) is 2. The lowest BCUT2D eigenvalue weighted by molar-refractivity contribution is 0.314. The molecule has 7 heteroatoms. The van der Waals surface area contributed by atoms with Gasteiger partial charge >= 0.3 is 0 Å². The van der Waals surface area contributed by atoms with E-state index < -0.39 is 0 Å². The average Bonchev–Trinajstić information content (AvgIpc) is 3.73. The molecule has 36 heavy (non-hydrogen) atoms. The van der Waals surface area contributed by atoms with Crippen LogP contribution in [0, 0.1) is 0 Å². The molecule has 0 radical (unpaired) electrons. The SMILES string of the molecule is c1cc(C2=NC(Cc3c[nH]c4ccccc34)CO2)nc(C2=N[C@@H](Cc3c[nH]c4ccccc34)CO2)c1. The fraction of sp³-hybridized carbons (Fsp3) is 0.207. The highest BCUT2D eigenvalue weighted by atomic mass is 16.5. The number of hydrogen-bond acceptors (Lipinski definition) is 5. The first-order valence-corrected chi connectivity index (χ1v) is 12.3. The Labute approximate surface area is 207 Å². The molecule has 178 valence electrons. The normalized spacial score (nSPS) is 19.3. The summed E-state index contributed by atoms with van der Waals surface area (Å²) in [7, 11) is 0. The summed E-state index contributed by atoms with van der Waals surface area (Å²) in [4.78, 5) is 21.1. The molecule has 7 nitrogen and oxygen atoms in total.